The highest BCUT2D eigenvalue weighted by molar-refractivity contribution is 5.85. The minimum absolute atomic E-state index is 0.284. The smallest absolute Gasteiger partial charge is 0.336 e. The van der Waals surface area contributed by atoms with Crippen molar-refractivity contribution in [1.29, 1.82) is 0 Å². The zero-order chi connectivity index (χ0) is 15.3. The third kappa shape index (κ3) is 3.40. The lowest BCUT2D eigenvalue weighted by molar-refractivity contribution is -0.148. The Kier molecular flexibility index (Phi) is 4.58. The standard InChI is InChI=1S/C17H18FNO2/c1-3-21-16(20)17(2,13-8-5-4-6-9-13)19-15-11-7-10-14(18)12-15/h4-12,19H,3H2,1-2H3. The summed E-state index contributed by atoms with van der Waals surface area (Å²) < 4.78 is 18.5. The number of benzene rings is 2. The summed E-state index contributed by atoms with van der Waals surface area (Å²) in [5.74, 6) is -0.764. The molecule has 0 spiro atoms. The van der Waals surface area contributed by atoms with Crippen LogP contribution in [0.2, 0.25) is 0 Å². The number of hydrogen-bond donors (Lipinski definition) is 1. The zero-order valence-electron chi connectivity index (χ0n) is 12.1. The molecule has 2 aromatic rings. The van der Waals surface area contributed by atoms with Gasteiger partial charge in [0.1, 0.15) is 5.82 Å². The summed E-state index contributed by atoms with van der Waals surface area (Å²) in [6, 6.07) is 15.2. The lowest BCUT2D eigenvalue weighted by atomic mass is 9.91. The molecule has 0 radical (unpaired) electrons. The molecule has 0 heterocycles. The maximum absolute atomic E-state index is 13.3. The first kappa shape index (κ1) is 15.0. The van der Waals surface area contributed by atoms with E-state index in [1.54, 1.807) is 26.0 Å². The summed E-state index contributed by atoms with van der Waals surface area (Å²) in [5, 5.41) is 3.08. The van der Waals surface area contributed by atoms with Crippen LogP contribution in [0.3, 0.4) is 0 Å². The topological polar surface area (TPSA) is 38.3 Å². The molecule has 0 aliphatic heterocycles. The van der Waals surface area contributed by atoms with E-state index in [-0.39, 0.29) is 12.4 Å². The van der Waals surface area contributed by atoms with E-state index in [0.29, 0.717) is 5.69 Å². The van der Waals surface area contributed by atoms with E-state index < -0.39 is 11.5 Å². The van der Waals surface area contributed by atoms with E-state index in [2.05, 4.69) is 5.32 Å². The van der Waals surface area contributed by atoms with Gasteiger partial charge in [-0.3, -0.25) is 0 Å². The van der Waals surface area contributed by atoms with Crippen molar-refractivity contribution < 1.29 is 13.9 Å². The van der Waals surface area contributed by atoms with Gasteiger partial charge in [0.2, 0.25) is 0 Å². The fourth-order valence-corrected chi connectivity index (χ4v) is 2.14. The largest absolute Gasteiger partial charge is 0.464 e. The van der Waals surface area contributed by atoms with E-state index in [1.807, 2.05) is 30.3 Å². The molecule has 4 heteroatoms. The number of carbonyl (C=O) groups is 1. The van der Waals surface area contributed by atoms with Crippen molar-refractivity contribution in [3.8, 4) is 0 Å². The number of nitrogens with one attached hydrogen (secondary N) is 1. The average Bonchev–Trinajstić information content (AvgIpc) is 2.48. The molecule has 0 amide bonds. The third-order valence-electron chi connectivity index (χ3n) is 3.25. The molecule has 0 bridgehead atoms. The number of ether oxygens (including phenoxy) is 1. The molecule has 21 heavy (non-hydrogen) atoms. The molecule has 1 atom stereocenters. The minimum atomic E-state index is -1.08. The number of carbonyl (C=O) groups excluding carboxylic acids is 1. The van der Waals surface area contributed by atoms with Crippen LogP contribution in [-0.2, 0) is 15.1 Å². The Bertz CT molecular complexity index is 615. The third-order valence-corrected chi connectivity index (χ3v) is 3.25. The van der Waals surface area contributed by atoms with Gasteiger partial charge in [0.25, 0.3) is 0 Å². The second-order valence-electron chi connectivity index (χ2n) is 4.85. The first-order chi connectivity index (χ1) is 10.1. The summed E-state index contributed by atoms with van der Waals surface area (Å²) in [7, 11) is 0. The molecular weight excluding hydrogens is 269 g/mol. The van der Waals surface area contributed by atoms with E-state index in [0.717, 1.165) is 5.56 Å². The molecule has 2 aromatic carbocycles. The van der Waals surface area contributed by atoms with Gasteiger partial charge in [0.15, 0.2) is 5.54 Å². The zero-order valence-corrected chi connectivity index (χ0v) is 12.1. The Labute approximate surface area is 123 Å². The van der Waals surface area contributed by atoms with Gasteiger partial charge in [0.05, 0.1) is 6.61 Å². The molecule has 0 fully saturated rings. The lowest BCUT2D eigenvalue weighted by Gasteiger charge is -2.30. The number of esters is 1. The molecule has 110 valence electrons. The fraction of sp³-hybridized carbons (Fsp3) is 0.235. The van der Waals surface area contributed by atoms with E-state index in [4.69, 9.17) is 4.74 Å². The highest BCUT2D eigenvalue weighted by Gasteiger charge is 2.36. The second-order valence-corrected chi connectivity index (χ2v) is 4.85. The fourth-order valence-electron chi connectivity index (χ4n) is 2.14. The molecular formula is C17H18FNO2. The number of anilines is 1. The van der Waals surface area contributed by atoms with Crippen LogP contribution in [-0.4, -0.2) is 12.6 Å². The van der Waals surface area contributed by atoms with Gasteiger partial charge in [-0.15, -0.1) is 0 Å². The number of rotatable bonds is 5. The summed E-state index contributed by atoms with van der Waals surface area (Å²) in [4.78, 5) is 12.4. The molecule has 3 nitrogen and oxygen atoms in total. The summed E-state index contributed by atoms with van der Waals surface area (Å²) in [6.45, 7) is 3.77. The van der Waals surface area contributed by atoms with Gasteiger partial charge in [-0.2, -0.15) is 0 Å². The molecule has 2 rings (SSSR count). The van der Waals surface area contributed by atoms with Crippen LogP contribution in [0.15, 0.2) is 54.6 Å². The molecule has 0 aliphatic rings. The minimum Gasteiger partial charge on any atom is -0.464 e. The Morgan fingerprint density at radius 3 is 2.52 bits per heavy atom. The van der Waals surface area contributed by atoms with Crippen molar-refractivity contribution in [2.75, 3.05) is 11.9 Å². The van der Waals surface area contributed by atoms with Crippen LogP contribution in [0.4, 0.5) is 10.1 Å². The molecule has 1 N–H and O–H groups in total. The highest BCUT2D eigenvalue weighted by Crippen LogP contribution is 2.28. The molecule has 0 saturated heterocycles. The normalized spacial score (nSPS) is 13.3. The highest BCUT2D eigenvalue weighted by atomic mass is 19.1. The van der Waals surface area contributed by atoms with Crippen LogP contribution in [0.5, 0.6) is 0 Å². The molecule has 0 aliphatic carbocycles. The Morgan fingerprint density at radius 2 is 1.90 bits per heavy atom. The SMILES string of the molecule is CCOC(=O)C(C)(Nc1cccc(F)c1)c1ccccc1. The predicted molar refractivity (Wildman–Crippen MR) is 80.4 cm³/mol. The number of hydrogen-bond acceptors (Lipinski definition) is 3. The van der Waals surface area contributed by atoms with Gasteiger partial charge < -0.3 is 10.1 Å². The average molecular weight is 287 g/mol. The van der Waals surface area contributed by atoms with Crippen molar-refractivity contribution >= 4 is 11.7 Å². The summed E-state index contributed by atoms with van der Waals surface area (Å²) in [6.07, 6.45) is 0. The predicted octanol–water partition coefficient (Wildman–Crippen LogP) is 3.72. The van der Waals surface area contributed by atoms with Crippen molar-refractivity contribution in [1.82, 2.24) is 0 Å². The second kappa shape index (κ2) is 6.39. The summed E-state index contributed by atoms with van der Waals surface area (Å²) >= 11 is 0. The van der Waals surface area contributed by atoms with Crippen LogP contribution < -0.4 is 5.32 Å². The Morgan fingerprint density at radius 1 is 1.19 bits per heavy atom. The Balaban J connectivity index is 2.39. The maximum Gasteiger partial charge on any atom is 0.336 e. The molecule has 0 aromatic heterocycles. The van der Waals surface area contributed by atoms with Gasteiger partial charge in [-0.25, -0.2) is 9.18 Å². The first-order valence-corrected chi connectivity index (χ1v) is 6.83. The maximum atomic E-state index is 13.3. The molecule has 0 saturated carbocycles. The van der Waals surface area contributed by atoms with E-state index in [9.17, 15) is 9.18 Å². The Hall–Kier alpha value is -2.36. The van der Waals surface area contributed by atoms with Gasteiger partial charge in [0, 0.05) is 5.69 Å². The lowest BCUT2D eigenvalue weighted by Crippen LogP contribution is -2.42. The van der Waals surface area contributed by atoms with Crippen molar-refractivity contribution in [2.45, 2.75) is 19.4 Å². The molecule has 1 unspecified atom stereocenters. The van der Waals surface area contributed by atoms with Gasteiger partial charge in [-0.05, 0) is 37.6 Å². The van der Waals surface area contributed by atoms with Crippen LogP contribution in [0, 0.1) is 5.82 Å². The van der Waals surface area contributed by atoms with Crippen LogP contribution in [0.25, 0.3) is 0 Å². The van der Waals surface area contributed by atoms with Crippen molar-refractivity contribution in [2.24, 2.45) is 0 Å². The van der Waals surface area contributed by atoms with Crippen LogP contribution >= 0.6 is 0 Å². The first-order valence-electron chi connectivity index (χ1n) is 6.83. The van der Waals surface area contributed by atoms with Crippen LogP contribution in [0.1, 0.15) is 19.4 Å². The van der Waals surface area contributed by atoms with Gasteiger partial charge in [-0.1, -0.05) is 36.4 Å². The van der Waals surface area contributed by atoms with E-state index in [1.165, 1.54) is 12.1 Å². The monoisotopic (exact) mass is 287 g/mol. The van der Waals surface area contributed by atoms with E-state index >= 15 is 0 Å². The summed E-state index contributed by atoms with van der Waals surface area (Å²) in [5.41, 5.74) is 0.201. The van der Waals surface area contributed by atoms with Crippen molar-refractivity contribution in [3.05, 3.63) is 66.0 Å². The quantitative estimate of drug-likeness (QED) is 0.852. The van der Waals surface area contributed by atoms with Crippen molar-refractivity contribution in [3.63, 3.8) is 0 Å². The van der Waals surface area contributed by atoms with Gasteiger partial charge >= 0.3 is 5.97 Å². The number of halogens is 1.